The molecule has 0 bridgehead atoms. The Morgan fingerprint density at radius 1 is 1.03 bits per heavy atom. The van der Waals surface area contributed by atoms with E-state index in [1.165, 1.54) is 6.92 Å². The Labute approximate surface area is 229 Å². The summed E-state index contributed by atoms with van der Waals surface area (Å²) in [6.45, 7) is 4.40. The SMILES string of the molecule is CC(OC(=O)C1CCCCC1)O[PH](O)(CCN1CCCNc2c1c(=O)c2=O)OC(C)C1(C(=O)O)CCCCC1. The topological polar surface area (TPSA) is 152 Å². The molecule has 2 aliphatic carbocycles. The molecule has 0 amide bonds. The van der Waals surface area contributed by atoms with E-state index in [4.69, 9.17) is 13.8 Å². The molecule has 1 heterocycles. The summed E-state index contributed by atoms with van der Waals surface area (Å²) < 4.78 is 17.7. The van der Waals surface area contributed by atoms with E-state index in [2.05, 4.69) is 5.32 Å². The number of anilines is 2. The number of carbonyl (C=O) groups excluding carboxylic acids is 1. The van der Waals surface area contributed by atoms with Crippen LogP contribution in [0.4, 0.5) is 11.4 Å². The maximum atomic E-state index is 12.7. The van der Waals surface area contributed by atoms with Crippen LogP contribution in [0.15, 0.2) is 9.59 Å². The van der Waals surface area contributed by atoms with Crippen molar-refractivity contribution in [2.75, 3.05) is 36.0 Å². The third kappa shape index (κ3) is 6.64. The van der Waals surface area contributed by atoms with Gasteiger partial charge in [-0.3, -0.25) is 0 Å². The second-order valence-corrected chi connectivity index (χ2v) is 13.7. The number of rotatable bonds is 11. The van der Waals surface area contributed by atoms with Gasteiger partial charge in [0.15, 0.2) is 0 Å². The van der Waals surface area contributed by atoms with Crippen molar-refractivity contribution >= 4 is 31.3 Å². The van der Waals surface area contributed by atoms with E-state index in [9.17, 15) is 29.2 Å². The second kappa shape index (κ2) is 12.6. The van der Waals surface area contributed by atoms with Crippen molar-refractivity contribution in [1.82, 2.24) is 0 Å². The van der Waals surface area contributed by atoms with E-state index in [0.717, 1.165) is 51.4 Å². The van der Waals surface area contributed by atoms with Crippen LogP contribution in [0.2, 0.25) is 0 Å². The number of nitrogens with zero attached hydrogens (tertiary/aromatic N) is 1. The molecule has 12 heteroatoms. The van der Waals surface area contributed by atoms with E-state index >= 15 is 0 Å². The van der Waals surface area contributed by atoms with Crippen LogP contribution in [-0.4, -0.2) is 60.1 Å². The zero-order chi connectivity index (χ0) is 28.2. The molecule has 4 rings (SSSR count). The Kier molecular flexibility index (Phi) is 9.68. The molecular weight excluding hydrogens is 527 g/mol. The fourth-order valence-corrected chi connectivity index (χ4v) is 8.52. The summed E-state index contributed by atoms with van der Waals surface area (Å²) >= 11 is 0. The monoisotopic (exact) mass is 570 g/mol. The van der Waals surface area contributed by atoms with Crippen LogP contribution in [0.1, 0.15) is 84.5 Å². The molecule has 0 aromatic heterocycles. The van der Waals surface area contributed by atoms with E-state index in [-0.39, 0.29) is 24.6 Å². The van der Waals surface area contributed by atoms with Crippen LogP contribution in [0.25, 0.3) is 0 Å². The van der Waals surface area contributed by atoms with Crippen LogP contribution in [0.3, 0.4) is 0 Å². The van der Waals surface area contributed by atoms with Gasteiger partial charge in [0.2, 0.25) is 0 Å². The summed E-state index contributed by atoms with van der Waals surface area (Å²) in [5.41, 5.74) is -1.67. The van der Waals surface area contributed by atoms with E-state index < -0.39 is 42.6 Å². The molecule has 11 nitrogen and oxygen atoms in total. The van der Waals surface area contributed by atoms with Crippen molar-refractivity contribution in [3.63, 3.8) is 0 Å². The number of carboxylic acid groups (broad SMARTS) is 1. The van der Waals surface area contributed by atoms with Crippen molar-refractivity contribution in [2.45, 2.75) is 96.9 Å². The third-order valence-electron chi connectivity index (χ3n) is 8.69. The molecule has 39 heavy (non-hydrogen) atoms. The summed E-state index contributed by atoms with van der Waals surface area (Å²) in [5.74, 6) is -1.53. The molecule has 0 spiro atoms. The molecule has 1 aromatic rings. The fraction of sp³-hybridized carbons (Fsp3) is 0.778. The van der Waals surface area contributed by atoms with Crippen LogP contribution in [0, 0.1) is 11.3 Å². The summed E-state index contributed by atoms with van der Waals surface area (Å²) in [7, 11) is -4.16. The van der Waals surface area contributed by atoms with Gasteiger partial charge in [-0.1, -0.05) is 0 Å². The molecule has 3 aliphatic rings. The van der Waals surface area contributed by atoms with Crippen molar-refractivity contribution < 1.29 is 33.4 Å². The van der Waals surface area contributed by atoms with Crippen molar-refractivity contribution in [1.29, 1.82) is 0 Å². The zero-order valence-corrected chi connectivity index (χ0v) is 24.0. The van der Waals surface area contributed by atoms with Crippen LogP contribution in [-0.2, 0) is 23.4 Å². The molecule has 220 valence electrons. The number of hydrogen-bond donors (Lipinski definition) is 3. The number of nitrogens with one attached hydrogen (secondary N) is 1. The molecule has 2 unspecified atom stereocenters. The van der Waals surface area contributed by atoms with E-state index in [1.54, 1.807) is 11.8 Å². The van der Waals surface area contributed by atoms with E-state index in [1.807, 2.05) is 0 Å². The van der Waals surface area contributed by atoms with Gasteiger partial charge in [0.1, 0.15) is 0 Å². The van der Waals surface area contributed by atoms with Gasteiger partial charge < -0.3 is 0 Å². The van der Waals surface area contributed by atoms with Gasteiger partial charge >= 0.3 is 229 Å². The average molecular weight is 571 g/mol. The third-order valence-corrected chi connectivity index (χ3v) is 11.0. The standard InChI is InChI=1S/C27H43N2O9P/c1-18(27(26(33)34)12-7-4-8-13-27)37-39(35,38-19(2)36-25(32)20-10-5-3-6-11-20)17-16-29-15-9-14-28-21-22(29)24(31)23(21)30/h18-20,28,35,39H,3-17H2,1-2H3,(H,33,34). The van der Waals surface area contributed by atoms with Gasteiger partial charge in [-0.25, -0.2) is 0 Å². The van der Waals surface area contributed by atoms with Crippen molar-refractivity contribution in [2.24, 2.45) is 11.3 Å². The minimum absolute atomic E-state index is 0.0311. The summed E-state index contributed by atoms with van der Waals surface area (Å²) in [6.07, 6.45) is 6.58. The van der Waals surface area contributed by atoms with Gasteiger partial charge in [0.25, 0.3) is 0 Å². The molecule has 0 saturated heterocycles. The summed E-state index contributed by atoms with van der Waals surface area (Å²) in [4.78, 5) is 63.0. The Morgan fingerprint density at radius 3 is 2.36 bits per heavy atom. The van der Waals surface area contributed by atoms with Crippen molar-refractivity contribution in [3.05, 3.63) is 20.4 Å². The van der Waals surface area contributed by atoms with Gasteiger partial charge in [0.05, 0.1) is 0 Å². The first kappa shape index (κ1) is 29.9. The van der Waals surface area contributed by atoms with Crippen LogP contribution >= 0.6 is 7.94 Å². The Balaban J connectivity index is 1.50. The summed E-state index contributed by atoms with van der Waals surface area (Å²) in [5, 5.41) is 13.1. The number of esters is 1. The number of fused-ring (bicyclic) bond motifs is 1. The summed E-state index contributed by atoms with van der Waals surface area (Å²) in [6, 6.07) is 0. The van der Waals surface area contributed by atoms with Crippen LogP contribution < -0.4 is 21.1 Å². The molecule has 2 saturated carbocycles. The number of carboxylic acids is 1. The normalized spacial score (nSPS) is 22.3. The predicted molar refractivity (Wildman–Crippen MR) is 149 cm³/mol. The Bertz CT molecular complexity index is 1090. The van der Waals surface area contributed by atoms with Gasteiger partial charge in [-0.2, -0.15) is 0 Å². The molecule has 3 N–H and O–H groups in total. The number of carbonyl (C=O) groups is 2. The van der Waals surface area contributed by atoms with E-state index in [0.29, 0.717) is 43.7 Å². The molecular formula is C27H43N2O9P. The molecule has 1 aromatic carbocycles. The minimum atomic E-state index is -4.16. The number of aliphatic carboxylic acids is 1. The number of ether oxygens (including phenoxy) is 1. The van der Waals surface area contributed by atoms with Gasteiger partial charge in [0, 0.05) is 0 Å². The second-order valence-electron chi connectivity index (χ2n) is 11.4. The predicted octanol–water partition coefficient (Wildman–Crippen LogP) is 3.32. The first-order chi connectivity index (χ1) is 18.6. The fourth-order valence-electron chi connectivity index (χ4n) is 6.33. The molecule has 1 aliphatic heterocycles. The first-order valence-electron chi connectivity index (χ1n) is 14.4. The van der Waals surface area contributed by atoms with Gasteiger partial charge in [-0.15, -0.1) is 0 Å². The molecule has 2 fully saturated rings. The quantitative estimate of drug-likeness (QED) is 0.155. The maximum absolute atomic E-state index is 12.7. The first-order valence-corrected chi connectivity index (χ1v) is 16.4. The molecule has 2 atom stereocenters. The average Bonchev–Trinajstić information content (AvgIpc) is 3.12. The Morgan fingerprint density at radius 2 is 1.69 bits per heavy atom. The number of hydrogen-bond acceptors (Lipinski definition) is 10. The van der Waals surface area contributed by atoms with Gasteiger partial charge in [-0.05, 0) is 0 Å². The zero-order valence-electron chi connectivity index (χ0n) is 23.0. The van der Waals surface area contributed by atoms with Crippen molar-refractivity contribution in [3.8, 4) is 0 Å². The Hall–Kier alpha value is -2.07. The van der Waals surface area contributed by atoms with Crippen LogP contribution in [0.5, 0.6) is 0 Å². The molecule has 0 radical (unpaired) electrons.